The molecule has 0 N–H and O–H groups in total. The lowest BCUT2D eigenvalue weighted by atomic mass is 10.1. The molecule has 154 valence electrons. The lowest BCUT2D eigenvalue weighted by Crippen LogP contribution is -2.34. The van der Waals surface area contributed by atoms with Crippen molar-refractivity contribution in [1.29, 1.82) is 0 Å². The van der Waals surface area contributed by atoms with E-state index in [9.17, 15) is 9.18 Å². The molecule has 0 spiro atoms. The number of rotatable bonds is 6. The van der Waals surface area contributed by atoms with Gasteiger partial charge in [0.05, 0.1) is 5.69 Å². The number of benzene rings is 1. The van der Waals surface area contributed by atoms with Gasteiger partial charge < -0.3 is 14.7 Å². The number of piperidine rings is 1. The molecule has 7 heteroatoms. The van der Waals surface area contributed by atoms with E-state index in [0.717, 1.165) is 41.0 Å². The average molecular weight is 415 g/mol. The highest BCUT2D eigenvalue weighted by Crippen LogP contribution is 2.29. The molecule has 0 aliphatic carbocycles. The standard InChI is InChI=1S/C22H27FN4OS/c1-5-21(25(3)14-16(2)27-12-10-19(28)11-13-27)26(4)22-24-20(15-29-22)17-6-8-18(23)9-7-17/h5-9,14-15H,10-13H2,1-4H3/b16-14+,21-5-. The van der Waals surface area contributed by atoms with Crippen molar-refractivity contribution in [3.8, 4) is 11.3 Å². The first-order chi connectivity index (χ1) is 13.9. The molecule has 0 bridgehead atoms. The summed E-state index contributed by atoms with van der Waals surface area (Å²) in [6, 6.07) is 6.38. The van der Waals surface area contributed by atoms with Crippen molar-refractivity contribution in [2.45, 2.75) is 26.7 Å². The van der Waals surface area contributed by atoms with Crippen molar-refractivity contribution in [3.05, 3.63) is 59.3 Å². The van der Waals surface area contributed by atoms with Crippen LogP contribution in [0.1, 0.15) is 26.7 Å². The second-order valence-electron chi connectivity index (χ2n) is 7.14. The van der Waals surface area contributed by atoms with Gasteiger partial charge in [-0.1, -0.05) is 0 Å². The molecule has 2 aromatic rings. The Bertz CT molecular complexity index is 909. The quantitative estimate of drug-likeness (QED) is 0.685. The van der Waals surface area contributed by atoms with Gasteiger partial charge >= 0.3 is 0 Å². The maximum atomic E-state index is 13.2. The van der Waals surface area contributed by atoms with E-state index in [1.807, 2.05) is 37.4 Å². The van der Waals surface area contributed by atoms with Crippen molar-refractivity contribution >= 4 is 22.3 Å². The predicted molar refractivity (Wildman–Crippen MR) is 117 cm³/mol. The first kappa shape index (κ1) is 21.0. The number of likely N-dealkylation sites (tertiary alicyclic amines) is 1. The topological polar surface area (TPSA) is 39.7 Å². The number of hydrogen-bond acceptors (Lipinski definition) is 6. The Kier molecular flexibility index (Phi) is 6.69. The smallest absolute Gasteiger partial charge is 0.191 e. The summed E-state index contributed by atoms with van der Waals surface area (Å²) in [6.07, 6.45) is 5.38. The van der Waals surface area contributed by atoms with Crippen molar-refractivity contribution in [1.82, 2.24) is 14.8 Å². The third-order valence-corrected chi connectivity index (χ3v) is 6.00. The minimum atomic E-state index is -0.251. The van der Waals surface area contributed by atoms with E-state index >= 15 is 0 Å². The minimum Gasteiger partial charge on any atom is -0.373 e. The van der Waals surface area contributed by atoms with Crippen LogP contribution < -0.4 is 4.90 Å². The molecule has 1 saturated heterocycles. The number of carbonyl (C=O) groups is 1. The fourth-order valence-corrected chi connectivity index (χ4v) is 4.25. The number of ketones is 1. The van der Waals surface area contributed by atoms with Gasteiger partial charge in [0.15, 0.2) is 5.13 Å². The molecule has 5 nitrogen and oxygen atoms in total. The van der Waals surface area contributed by atoms with Crippen molar-refractivity contribution < 1.29 is 9.18 Å². The molecule has 0 amide bonds. The average Bonchev–Trinajstić information content (AvgIpc) is 3.19. The number of carbonyl (C=O) groups excluding carboxylic acids is 1. The molecule has 1 aromatic carbocycles. The Morgan fingerprint density at radius 1 is 1.21 bits per heavy atom. The summed E-state index contributed by atoms with van der Waals surface area (Å²) >= 11 is 1.55. The SMILES string of the molecule is C/C=C(/N(C)/C=C(\C)N1CCC(=O)CC1)N(C)c1nc(-c2ccc(F)cc2)cs1. The Labute approximate surface area is 175 Å². The van der Waals surface area contributed by atoms with E-state index in [0.29, 0.717) is 18.6 Å². The largest absolute Gasteiger partial charge is 0.373 e. The van der Waals surface area contributed by atoms with Crippen LogP contribution in [0.3, 0.4) is 0 Å². The van der Waals surface area contributed by atoms with E-state index in [1.165, 1.54) is 12.1 Å². The van der Waals surface area contributed by atoms with Crippen molar-refractivity contribution in [2.24, 2.45) is 0 Å². The molecule has 2 heterocycles. The Morgan fingerprint density at radius 2 is 1.86 bits per heavy atom. The first-order valence-electron chi connectivity index (χ1n) is 9.68. The zero-order valence-corrected chi connectivity index (χ0v) is 18.2. The van der Waals surface area contributed by atoms with Gasteiger partial charge in [0.1, 0.15) is 17.4 Å². The number of aromatic nitrogens is 1. The summed E-state index contributed by atoms with van der Waals surface area (Å²) in [5.74, 6) is 1.09. The third-order valence-electron chi connectivity index (χ3n) is 5.08. The molecule has 0 radical (unpaired) electrons. The van der Waals surface area contributed by atoms with Gasteiger partial charge in [0, 0.05) is 62.9 Å². The fourth-order valence-electron chi connectivity index (χ4n) is 3.44. The molecule has 1 aliphatic heterocycles. The zero-order valence-electron chi connectivity index (χ0n) is 17.4. The Balaban J connectivity index is 1.73. The molecule has 0 saturated carbocycles. The molecule has 29 heavy (non-hydrogen) atoms. The monoisotopic (exact) mass is 414 g/mol. The molecule has 0 unspecified atom stereocenters. The lowest BCUT2D eigenvalue weighted by Gasteiger charge is -2.32. The highest BCUT2D eigenvalue weighted by molar-refractivity contribution is 7.14. The van der Waals surface area contributed by atoms with Crippen molar-refractivity contribution in [3.63, 3.8) is 0 Å². The van der Waals surface area contributed by atoms with Crippen LogP contribution in [0.15, 0.2) is 53.4 Å². The van der Waals surface area contributed by atoms with Gasteiger partial charge in [0.2, 0.25) is 0 Å². The first-order valence-corrected chi connectivity index (χ1v) is 10.6. The zero-order chi connectivity index (χ0) is 21.0. The van der Waals surface area contributed by atoms with Crippen LogP contribution in [0.5, 0.6) is 0 Å². The van der Waals surface area contributed by atoms with Crippen LogP contribution in [0.25, 0.3) is 11.3 Å². The summed E-state index contributed by atoms with van der Waals surface area (Å²) in [4.78, 5) is 22.6. The highest BCUT2D eigenvalue weighted by atomic mass is 32.1. The summed E-state index contributed by atoms with van der Waals surface area (Å²) in [7, 11) is 4.00. The third kappa shape index (κ3) is 5.03. The number of hydrogen-bond donors (Lipinski definition) is 0. The summed E-state index contributed by atoms with van der Waals surface area (Å²) in [6.45, 7) is 5.64. The molecule has 1 aromatic heterocycles. The summed E-state index contributed by atoms with van der Waals surface area (Å²) in [5, 5.41) is 2.84. The van der Waals surface area contributed by atoms with Crippen LogP contribution in [0, 0.1) is 5.82 Å². The number of nitrogens with zero attached hydrogens (tertiary/aromatic N) is 4. The Hall–Kier alpha value is -2.67. The predicted octanol–water partition coefficient (Wildman–Crippen LogP) is 4.70. The van der Waals surface area contributed by atoms with E-state index < -0.39 is 0 Å². The van der Waals surface area contributed by atoms with Crippen LogP contribution >= 0.6 is 11.3 Å². The number of Topliss-reactive ketones (excluding diaryl/α,β-unsaturated/α-hetero) is 1. The number of anilines is 1. The van der Waals surface area contributed by atoms with Gasteiger partial charge in [0.25, 0.3) is 0 Å². The van der Waals surface area contributed by atoms with E-state index in [4.69, 9.17) is 4.98 Å². The van der Waals surface area contributed by atoms with Crippen LogP contribution in [0.2, 0.25) is 0 Å². The van der Waals surface area contributed by atoms with E-state index in [1.54, 1.807) is 23.5 Å². The van der Waals surface area contributed by atoms with E-state index in [2.05, 4.69) is 22.9 Å². The normalized spacial score (nSPS) is 15.6. The van der Waals surface area contributed by atoms with E-state index in [-0.39, 0.29) is 5.82 Å². The van der Waals surface area contributed by atoms with Gasteiger partial charge in [-0.2, -0.15) is 0 Å². The molecule has 3 rings (SSSR count). The van der Waals surface area contributed by atoms with Crippen LogP contribution in [-0.2, 0) is 4.79 Å². The Morgan fingerprint density at radius 3 is 2.48 bits per heavy atom. The number of halogens is 1. The van der Waals surface area contributed by atoms with Crippen LogP contribution in [0.4, 0.5) is 9.52 Å². The number of allylic oxidation sites excluding steroid dienone is 2. The second kappa shape index (κ2) is 9.22. The maximum absolute atomic E-state index is 13.2. The van der Waals surface area contributed by atoms with Gasteiger partial charge in [-0.05, 0) is 44.2 Å². The molecule has 1 fully saturated rings. The molecular weight excluding hydrogens is 387 g/mol. The summed E-state index contributed by atoms with van der Waals surface area (Å²) in [5.41, 5.74) is 2.87. The van der Waals surface area contributed by atoms with Crippen molar-refractivity contribution in [2.75, 3.05) is 32.1 Å². The fraction of sp³-hybridized carbons (Fsp3) is 0.364. The molecule has 0 atom stereocenters. The maximum Gasteiger partial charge on any atom is 0.191 e. The highest BCUT2D eigenvalue weighted by Gasteiger charge is 2.18. The molecular formula is C22H27FN4OS. The minimum absolute atomic E-state index is 0.251. The summed E-state index contributed by atoms with van der Waals surface area (Å²) < 4.78 is 13.2. The lowest BCUT2D eigenvalue weighted by molar-refractivity contribution is -0.121. The van der Waals surface area contributed by atoms with Crippen LogP contribution in [-0.4, -0.2) is 47.8 Å². The molecule has 1 aliphatic rings. The van der Waals surface area contributed by atoms with Gasteiger partial charge in [-0.25, -0.2) is 9.37 Å². The number of thiazole rings is 1. The second-order valence-corrected chi connectivity index (χ2v) is 7.97. The van der Waals surface area contributed by atoms with Gasteiger partial charge in [-0.15, -0.1) is 11.3 Å². The van der Waals surface area contributed by atoms with Gasteiger partial charge in [-0.3, -0.25) is 4.79 Å².